The van der Waals surface area contributed by atoms with E-state index in [9.17, 15) is 0 Å². The summed E-state index contributed by atoms with van der Waals surface area (Å²) in [7, 11) is -5.29. The SMILES string of the molecule is CCO[Si](CCCO[PH](S)(CC)OCCC[Si](OCC)(OCC)OCC)(OCC)OCC. The quantitative estimate of drug-likeness (QED) is 0.0812. The Morgan fingerprint density at radius 3 is 1.03 bits per heavy atom. The summed E-state index contributed by atoms with van der Waals surface area (Å²) in [4.78, 5) is 0. The first kappa shape index (κ1) is 32.9. The summed E-state index contributed by atoms with van der Waals surface area (Å²) in [6.45, 7) is 15.8. The molecular formula is C20H49O8PSSi2. The van der Waals surface area contributed by atoms with Crippen molar-refractivity contribution in [1.29, 1.82) is 0 Å². The van der Waals surface area contributed by atoms with E-state index in [1.54, 1.807) is 0 Å². The van der Waals surface area contributed by atoms with Crippen LogP contribution in [-0.2, 0) is 35.6 Å². The second-order valence-electron chi connectivity index (χ2n) is 6.93. The van der Waals surface area contributed by atoms with Crippen LogP contribution in [0.25, 0.3) is 0 Å². The second-order valence-corrected chi connectivity index (χ2v) is 17.2. The topological polar surface area (TPSA) is 73.8 Å². The van der Waals surface area contributed by atoms with Crippen molar-refractivity contribution in [3.05, 3.63) is 0 Å². The molecule has 0 aliphatic rings. The summed E-state index contributed by atoms with van der Waals surface area (Å²) in [5.74, 6) is 0. The molecule has 0 fully saturated rings. The molecule has 0 atom stereocenters. The fourth-order valence-electron chi connectivity index (χ4n) is 3.29. The van der Waals surface area contributed by atoms with Crippen molar-refractivity contribution in [1.82, 2.24) is 0 Å². The predicted octanol–water partition coefficient (Wildman–Crippen LogP) is 5.34. The van der Waals surface area contributed by atoms with Crippen molar-refractivity contribution in [2.45, 2.75) is 73.4 Å². The molecule has 0 aromatic rings. The van der Waals surface area contributed by atoms with Crippen molar-refractivity contribution in [3.8, 4) is 0 Å². The molecule has 32 heavy (non-hydrogen) atoms. The number of hydrogen-bond donors (Lipinski definition) is 1. The minimum absolute atomic E-state index is 0.543. The molecule has 0 heterocycles. The predicted molar refractivity (Wildman–Crippen MR) is 140 cm³/mol. The average Bonchev–Trinajstić information content (AvgIpc) is 2.76. The van der Waals surface area contributed by atoms with Gasteiger partial charge in [-0.3, -0.25) is 0 Å². The van der Waals surface area contributed by atoms with Crippen LogP contribution in [-0.4, -0.2) is 76.6 Å². The molecule has 0 aromatic carbocycles. The van der Waals surface area contributed by atoms with E-state index in [4.69, 9.17) is 47.9 Å². The standard InChI is InChI=1S/C20H49O8PSSi2/c1-8-23-31(24-9-2,25-10-3)19-15-17-21-29(30,14-7)22-18-16-20-32(26-11-4,27-12-5)28-13-6/h29-30H,8-20H2,1-7H3. The summed E-state index contributed by atoms with van der Waals surface area (Å²) < 4.78 is 47.7. The number of hydrogen-bond acceptors (Lipinski definition) is 9. The zero-order valence-corrected chi connectivity index (χ0v) is 25.3. The van der Waals surface area contributed by atoms with Crippen LogP contribution in [0.1, 0.15) is 61.3 Å². The zero-order chi connectivity index (χ0) is 24.3. The van der Waals surface area contributed by atoms with Gasteiger partial charge in [0.1, 0.15) is 0 Å². The van der Waals surface area contributed by atoms with Gasteiger partial charge in [-0.05, 0) is 0 Å². The Labute approximate surface area is 204 Å². The van der Waals surface area contributed by atoms with E-state index in [2.05, 4.69) is 6.92 Å². The molecular weight excluding hydrogens is 487 g/mol. The maximum atomic E-state index is 6.14. The van der Waals surface area contributed by atoms with Crippen LogP contribution >= 0.6 is 19.2 Å². The van der Waals surface area contributed by atoms with Gasteiger partial charge in [-0.25, -0.2) is 0 Å². The van der Waals surface area contributed by atoms with E-state index in [0.717, 1.165) is 31.1 Å². The van der Waals surface area contributed by atoms with E-state index in [0.29, 0.717) is 52.9 Å². The van der Waals surface area contributed by atoms with Crippen molar-refractivity contribution in [3.63, 3.8) is 0 Å². The molecule has 0 N–H and O–H groups in total. The fraction of sp³-hybridized carbons (Fsp3) is 1.00. The third kappa shape index (κ3) is 13.1. The van der Waals surface area contributed by atoms with Crippen LogP contribution in [0.2, 0.25) is 12.1 Å². The monoisotopic (exact) mass is 536 g/mol. The first-order chi connectivity index (χ1) is 15.3. The molecule has 196 valence electrons. The second kappa shape index (κ2) is 19.1. The molecule has 12 heteroatoms. The van der Waals surface area contributed by atoms with Gasteiger partial charge in [0, 0.05) is 0 Å². The van der Waals surface area contributed by atoms with Crippen LogP contribution in [0.5, 0.6) is 0 Å². The Morgan fingerprint density at radius 1 is 0.531 bits per heavy atom. The molecule has 0 spiro atoms. The molecule has 8 nitrogen and oxygen atoms in total. The van der Waals surface area contributed by atoms with Crippen LogP contribution in [0.3, 0.4) is 0 Å². The first-order valence-corrected chi connectivity index (χ1v) is 19.4. The molecule has 0 saturated carbocycles. The summed E-state index contributed by atoms with van der Waals surface area (Å²) in [6.07, 6.45) is 2.31. The van der Waals surface area contributed by atoms with Crippen molar-refractivity contribution in [2.24, 2.45) is 0 Å². The summed E-state index contributed by atoms with van der Waals surface area (Å²) in [5, 5.41) is 0. The van der Waals surface area contributed by atoms with Gasteiger partial charge in [0.05, 0.1) is 0 Å². The Kier molecular flexibility index (Phi) is 19.7. The molecule has 0 unspecified atom stereocenters. The van der Waals surface area contributed by atoms with E-state index in [1.807, 2.05) is 41.5 Å². The summed E-state index contributed by atoms with van der Waals surface area (Å²) >= 11 is 4.79. The molecule has 0 rings (SSSR count). The van der Waals surface area contributed by atoms with Crippen molar-refractivity contribution in [2.75, 3.05) is 59.0 Å². The molecule has 0 aliphatic carbocycles. The van der Waals surface area contributed by atoms with E-state index >= 15 is 0 Å². The maximum absolute atomic E-state index is 6.14. The van der Waals surface area contributed by atoms with Gasteiger partial charge in [-0.1, -0.05) is 0 Å². The van der Waals surface area contributed by atoms with E-state index < -0.39 is 24.5 Å². The Morgan fingerprint density at radius 2 is 0.812 bits per heavy atom. The molecule has 0 aliphatic heterocycles. The van der Waals surface area contributed by atoms with Crippen molar-refractivity contribution < 1.29 is 35.6 Å². The van der Waals surface area contributed by atoms with E-state index in [-0.39, 0.29) is 0 Å². The van der Waals surface area contributed by atoms with Gasteiger partial charge >= 0.3 is 205 Å². The molecule has 0 amide bonds. The molecule has 0 radical (unpaired) electrons. The first-order valence-electron chi connectivity index (χ1n) is 12.2. The van der Waals surface area contributed by atoms with Crippen LogP contribution < -0.4 is 0 Å². The Hall–Kier alpha value is 0.894. The number of thiol groups is 1. The molecule has 0 saturated heterocycles. The normalized spacial score (nSPS) is 13.6. The van der Waals surface area contributed by atoms with Crippen LogP contribution in [0.4, 0.5) is 0 Å². The average molecular weight is 537 g/mol. The zero-order valence-electron chi connectivity index (χ0n) is 21.4. The van der Waals surface area contributed by atoms with Gasteiger partial charge in [0.25, 0.3) is 0 Å². The molecule has 0 bridgehead atoms. The van der Waals surface area contributed by atoms with Crippen molar-refractivity contribution >= 4 is 36.8 Å². The third-order valence-electron chi connectivity index (χ3n) is 4.54. The summed E-state index contributed by atoms with van der Waals surface area (Å²) in [6, 6.07) is 1.44. The van der Waals surface area contributed by atoms with Gasteiger partial charge < -0.3 is 0 Å². The fourth-order valence-corrected chi connectivity index (χ4v) is 10.4. The van der Waals surface area contributed by atoms with Gasteiger partial charge in [-0.15, -0.1) is 0 Å². The van der Waals surface area contributed by atoms with Crippen LogP contribution in [0.15, 0.2) is 0 Å². The third-order valence-corrected chi connectivity index (χ3v) is 14.8. The summed E-state index contributed by atoms with van der Waals surface area (Å²) in [5.41, 5.74) is 0. The van der Waals surface area contributed by atoms with Gasteiger partial charge in [0.15, 0.2) is 0 Å². The van der Waals surface area contributed by atoms with Gasteiger partial charge in [-0.2, -0.15) is 0 Å². The Balaban J connectivity index is 4.62. The number of rotatable bonds is 23. The van der Waals surface area contributed by atoms with Crippen LogP contribution in [0, 0.1) is 0 Å². The molecule has 0 aromatic heterocycles. The van der Waals surface area contributed by atoms with Gasteiger partial charge in [0.2, 0.25) is 0 Å². The Bertz CT molecular complexity index is 386. The van der Waals surface area contributed by atoms with E-state index in [1.165, 1.54) is 0 Å². The minimum atomic E-state index is -2.65.